The van der Waals surface area contributed by atoms with Gasteiger partial charge in [0, 0.05) is 41.6 Å². The van der Waals surface area contributed by atoms with Crippen molar-refractivity contribution in [3.05, 3.63) is 0 Å². The first-order valence-corrected chi connectivity index (χ1v) is 6.20. The van der Waals surface area contributed by atoms with Gasteiger partial charge in [0.05, 0.1) is 0 Å². The topological polar surface area (TPSA) is 121 Å². The van der Waals surface area contributed by atoms with E-state index in [1.165, 1.54) is 0 Å². The number of hydrogen-bond acceptors (Lipinski definition) is 6. The molecule has 9 heteroatoms. The fraction of sp³-hybridized carbons (Fsp3) is 1.00. The molecule has 13 heavy (non-hydrogen) atoms. The first-order chi connectivity index (χ1) is 5.54. The van der Waals surface area contributed by atoms with Gasteiger partial charge < -0.3 is 29.1 Å². The minimum atomic E-state index is -2.64. The van der Waals surface area contributed by atoms with Crippen LogP contribution in [-0.2, 0) is 9.13 Å². The van der Waals surface area contributed by atoms with E-state index in [0.29, 0.717) is 0 Å². The third-order valence-corrected chi connectivity index (χ3v) is 1.90. The number of aliphatic hydroxyl groups is 2. The van der Waals surface area contributed by atoms with E-state index in [9.17, 15) is 18.9 Å². The van der Waals surface area contributed by atoms with Gasteiger partial charge in [0.25, 0.3) is 0 Å². The molecule has 0 heterocycles. The summed E-state index contributed by atoms with van der Waals surface area (Å²) in [4.78, 5) is 19.0. The summed E-state index contributed by atoms with van der Waals surface area (Å²) >= 11 is 0. The molecule has 0 saturated carbocycles. The summed E-state index contributed by atoms with van der Waals surface area (Å²) in [5.74, 6) is 0. The van der Waals surface area contributed by atoms with E-state index in [-0.39, 0.29) is 63.3 Å². The SMILES string of the molecule is O=[PH]([O-])CCO.O=[PH]([O-])CCO.[Ca+2]. The monoisotopic (exact) mass is 258 g/mol. The van der Waals surface area contributed by atoms with E-state index in [2.05, 4.69) is 0 Å². The Morgan fingerprint density at radius 1 is 0.923 bits per heavy atom. The van der Waals surface area contributed by atoms with Gasteiger partial charge in [-0.3, -0.25) is 0 Å². The van der Waals surface area contributed by atoms with Gasteiger partial charge in [-0.15, -0.1) is 0 Å². The standard InChI is InChI=1S/2C2H7O3P.Ca/c2*3-1-2-6(4)5;/h2*3,6H,1-2H2,(H,4,5);/q;;+2/p-2. The minimum absolute atomic E-state index is 0. The van der Waals surface area contributed by atoms with Crippen LogP contribution in [0.4, 0.5) is 0 Å². The van der Waals surface area contributed by atoms with Gasteiger partial charge in [-0.1, -0.05) is 0 Å². The summed E-state index contributed by atoms with van der Waals surface area (Å²) in [6, 6.07) is 0. The Kier molecular flexibility index (Phi) is 24.7. The van der Waals surface area contributed by atoms with Gasteiger partial charge in [-0.2, -0.15) is 0 Å². The molecule has 2 N–H and O–H groups in total. The maximum Gasteiger partial charge on any atom is 2.00 e. The van der Waals surface area contributed by atoms with Crippen LogP contribution in [-0.4, -0.2) is 73.5 Å². The normalized spacial score (nSPS) is 13.2. The fourth-order valence-electron chi connectivity index (χ4n) is 0.183. The van der Waals surface area contributed by atoms with E-state index in [4.69, 9.17) is 10.2 Å². The first kappa shape index (κ1) is 20.0. The molecule has 0 radical (unpaired) electrons. The minimum Gasteiger partial charge on any atom is -0.802 e. The summed E-state index contributed by atoms with van der Waals surface area (Å²) < 4.78 is 19.0. The zero-order valence-electron chi connectivity index (χ0n) is 7.06. The predicted octanol–water partition coefficient (Wildman–Crippen LogP) is -2.75. The Morgan fingerprint density at radius 2 is 1.15 bits per heavy atom. The van der Waals surface area contributed by atoms with Crippen LogP contribution in [0.2, 0.25) is 0 Å². The molecule has 0 aromatic rings. The Balaban J connectivity index is -0.000000143. The molecule has 0 rings (SSSR count). The first-order valence-electron chi connectivity index (χ1n) is 3.16. The molecule has 6 nitrogen and oxygen atoms in total. The summed E-state index contributed by atoms with van der Waals surface area (Å²) in [5.41, 5.74) is 0. The zero-order valence-corrected chi connectivity index (χ0v) is 11.3. The summed E-state index contributed by atoms with van der Waals surface area (Å²) in [6.07, 6.45) is -0.157. The number of hydrogen-bond donors (Lipinski definition) is 2. The quantitative estimate of drug-likeness (QED) is 0.416. The molecular formula is C4H12CaO6P2. The maximum atomic E-state index is 9.51. The van der Waals surface area contributed by atoms with E-state index in [1.54, 1.807) is 0 Å². The molecule has 0 spiro atoms. The smallest absolute Gasteiger partial charge is 0.802 e. The summed E-state index contributed by atoms with van der Waals surface area (Å²) in [5, 5.41) is 15.7. The van der Waals surface area contributed by atoms with Crippen molar-refractivity contribution in [2.75, 3.05) is 25.5 Å². The molecule has 76 valence electrons. The van der Waals surface area contributed by atoms with Crippen LogP contribution in [0.25, 0.3) is 0 Å². The van der Waals surface area contributed by atoms with Crippen molar-refractivity contribution in [3.63, 3.8) is 0 Å². The van der Waals surface area contributed by atoms with Crippen LogP contribution in [0.15, 0.2) is 0 Å². The molecule has 0 aliphatic heterocycles. The molecule has 2 atom stereocenters. The largest absolute Gasteiger partial charge is 2.00 e. The van der Waals surface area contributed by atoms with Crippen LogP contribution < -0.4 is 9.79 Å². The average Bonchev–Trinajstić information content (AvgIpc) is 1.87. The average molecular weight is 258 g/mol. The van der Waals surface area contributed by atoms with E-state index >= 15 is 0 Å². The molecule has 0 saturated heterocycles. The van der Waals surface area contributed by atoms with Crippen LogP contribution >= 0.6 is 16.1 Å². The predicted molar refractivity (Wildman–Crippen MR) is 47.7 cm³/mol. The van der Waals surface area contributed by atoms with E-state index in [1.807, 2.05) is 0 Å². The van der Waals surface area contributed by atoms with Crippen LogP contribution in [0.1, 0.15) is 0 Å². The Labute approximate surface area is 108 Å². The van der Waals surface area contributed by atoms with Crippen LogP contribution in [0, 0.1) is 0 Å². The third-order valence-electron chi connectivity index (χ3n) is 0.632. The van der Waals surface area contributed by atoms with Crippen LogP contribution in [0.5, 0.6) is 0 Å². The van der Waals surface area contributed by atoms with Gasteiger partial charge in [-0.25, -0.2) is 0 Å². The molecule has 0 aliphatic rings. The zero-order chi connectivity index (χ0) is 9.98. The Hall–Kier alpha value is 1.56. The van der Waals surface area contributed by atoms with E-state index < -0.39 is 16.1 Å². The van der Waals surface area contributed by atoms with Crippen molar-refractivity contribution < 1.29 is 29.1 Å². The van der Waals surface area contributed by atoms with Gasteiger partial charge >= 0.3 is 37.7 Å². The Morgan fingerprint density at radius 3 is 1.15 bits per heavy atom. The molecular weight excluding hydrogens is 246 g/mol. The molecule has 0 aromatic carbocycles. The van der Waals surface area contributed by atoms with Crippen molar-refractivity contribution in [3.8, 4) is 0 Å². The molecule has 0 aromatic heterocycles. The van der Waals surface area contributed by atoms with Gasteiger partial charge in [0.15, 0.2) is 0 Å². The van der Waals surface area contributed by atoms with Crippen molar-refractivity contribution in [2.45, 2.75) is 0 Å². The molecule has 0 bridgehead atoms. The second kappa shape index (κ2) is 16.0. The summed E-state index contributed by atoms with van der Waals surface area (Å²) in [7, 11) is -5.27. The molecule has 2 unspecified atom stereocenters. The van der Waals surface area contributed by atoms with Crippen molar-refractivity contribution in [1.82, 2.24) is 0 Å². The van der Waals surface area contributed by atoms with Gasteiger partial charge in [0.1, 0.15) is 0 Å². The van der Waals surface area contributed by atoms with Gasteiger partial charge in [-0.05, 0) is 0 Å². The van der Waals surface area contributed by atoms with Gasteiger partial charge in [0.2, 0.25) is 0 Å². The van der Waals surface area contributed by atoms with Crippen molar-refractivity contribution in [1.29, 1.82) is 0 Å². The molecule has 0 amide bonds. The maximum absolute atomic E-state index is 9.51. The van der Waals surface area contributed by atoms with Crippen molar-refractivity contribution in [2.24, 2.45) is 0 Å². The second-order valence-electron chi connectivity index (χ2n) is 1.69. The van der Waals surface area contributed by atoms with Crippen LogP contribution in [0.3, 0.4) is 0 Å². The molecule has 0 fully saturated rings. The third kappa shape index (κ3) is 31.7. The summed E-state index contributed by atoms with van der Waals surface area (Å²) in [6.45, 7) is -0.497. The van der Waals surface area contributed by atoms with Crippen molar-refractivity contribution >= 4 is 53.8 Å². The Bertz CT molecular complexity index is 127. The fourth-order valence-corrected chi connectivity index (χ4v) is 0.548. The molecule has 0 aliphatic carbocycles. The second-order valence-corrected chi connectivity index (χ2v) is 4.18. The number of aliphatic hydroxyl groups excluding tert-OH is 2. The number of rotatable bonds is 4. The van der Waals surface area contributed by atoms with E-state index in [0.717, 1.165) is 0 Å².